The summed E-state index contributed by atoms with van der Waals surface area (Å²) in [5, 5.41) is 10.9. The van der Waals surface area contributed by atoms with E-state index in [0.29, 0.717) is 17.5 Å². The summed E-state index contributed by atoms with van der Waals surface area (Å²) in [5.74, 6) is 1.70. The van der Waals surface area contributed by atoms with Crippen LogP contribution in [0.4, 0.5) is 0 Å². The highest BCUT2D eigenvalue weighted by molar-refractivity contribution is 7.25. The van der Waals surface area contributed by atoms with Gasteiger partial charge in [-0.05, 0) is 71.4 Å². The van der Waals surface area contributed by atoms with Crippen molar-refractivity contribution in [3.8, 4) is 39.9 Å². The van der Waals surface area contributed by atoms with Gasteiger partial charge in [0.15, 0.2) is 17.5 Å². The predicted octanol–water partition coefficient (Wildman–Crippen LogP) is 15.3. The molecule has 288 valence electrons. The van der Waals surface area contributed by atoms with Crippen LogP contribution in [0.2, 0.25) is 0 Å². The summed E-state index contributed by atoms with van der Waals surface area (Å²) >= 11 is 1.78. The first kappa shape index (κ1) is 33.7. The fourth-order valence-electron chi connectivity index (χ4n) is 9.78. The van der Waals surface area contributed by atoms with Crippen molar-refractivity contribution in [1.29, 1.82) is 0 Å². The van der Waals surface area contributed by atoms with Gasteiger partial charge in [0.25, 0.3) is 0 Å². The molecule has 0 aliphatic rings. The quantitative estimate of drug-likeness (QED) is 0.177. The lowest BCUT2D eigenvalue weighted by atomic mass is 10.0. The standard InChI is InChI=1S/C55H30N4O2S/c1-2-14-32-30-42-39(29-31(32)13-1)33-15-3-7-21-40(33)59(42)41-27-28-46-51(35-17-5-9-23-44(35)61-46)52(41)55-57-53(37-19-11-24-45-49(37)34-16-4-8-22-43(34)60-45)56-54(58-55)38-20-12-26-48-50(38)36-18-6-10-25-47(36)62-48/h1-30H. The molecule has 14 rings (SSSR count). The summed E-state index contributed by atoms with van der Waals surface area (Å²) in [4.78, 5) is 16.6. The van der Waals surface area contributed by atoms with Gasteiger partial charge in [0, 0.05) is 63.6 Å². The Balaban J connectivity index is 1.16. The number of nitrogens with zero attached hydrogens (tertiary/aromatic N) is 4. The Bertz CT molecular complexity index is 4060. The zero-order valence-corrected chi connectivity index (χ0v) is 33.7. The van der Waals surface area contributed by atoms with Crippen molar-refractivity contribution >= 4 is 108 Å². The van der Waals surface area contributed by atoms with Crippen LogP contribution in [0.15, 0.2) is 191 Å². The summed E-state index contributed by atoms with van der Waals surface area (Å²) in [5.41, 5.74) is 8.95. The number of fused-ring (bicyclic) bond motifs is 13. The minimum atomic E-state index is 0.546. The number of benzene rings is 9. The maximum absolute atomic E-state index is 6.65. The second-order valence-corrected chi connectivity index (χ2v) is 16.9. The molecule has 0 aliphatic carbocycles. The molecule has 0 fully saturated rings. The van der Waals surface area contributed by atoms with Crippen molar-refractivity contribution in [2.24, 2.45) is 0 Å². The topological polar surface area (TPSA) is 69.9 Å². The second kappa shape index (κ2) is 12.7. The van der Waals surface area contributed by atoms with Crippen LogP contribution in [0.25, 0.3) is 136 Å². The van der Waals surface area contributed by atoms with Gasteiger partial charge < -0.3 is 13.4 Å². The van der Waals surface area contributed by atoms with E-state index in [1.165, 1.54) is 36.3 Å². The van der Waals surface area contributed by atoms with E-state index in [9.17, 15) is 0 Å². The minimum Gasteiger partial charge on any atom is -0.456 e. The predicted molar refractivity (Wildman–Crippen MR) is 255 cm³/mol. The molecule has 9 aromatic carbocycles. The Morgan fingerprint density at radius 1 is 0.371 bits per heavy atom. The van der Waals surface area contributed by atoms with Crippen molar-refractivity contribution in [1.82, 2.24) is 19.5 Å². The fraction of sp³-hybridized carbons (Fsp3) is 0. The third-order valence-electron chi connectivity index (χ3n) is 12.4. The van der Waals surface area contributed by atoms with E-state index in [-0.39, 0.29) is 0 Å². The Morgan fingerprint density at radius 3 is 1.73 bits per heavy atom. The van der Waals surface area contributed by atoms with Gasteiger partial charge in [-0.3, -0.25) is 0 Å². The van der Waals surface area contributed by atoms with Crippen LogP contribution in [0.3, 0.4) is 0 Å². The molecular formula is C55H30N4O2S. The van der Waals surface area contributed by atoms with E-state index < -0.39 is 0 Å². The molecule has 0 spiro atoms. The molecule has 0 saturated carbocycles. The lowest BCUT2D eigenvalue weighted by Gasteiger charge is -2.16. The molecule has 0 atom stereocenters. The molecule has 0 bridgehead atoms. The maximum Gasteiger partial charge on any atom is 0.166 e. The maximum atomic E-state index is 6.65. The highest BCUT2D eigenvalue weighted by Crippen LogP contribution is 2.46. The van der Waals surface area contributed by atoms with Gasteiger partial charge >= 0.3 is 0 Å². The first-order valence-electron chi connectivity index (χ1n) is 20.7. The molecule has 0 N–H and O–H groups in total. The normalized spacial score (nSPS) is 12.2. The lowest BCUT2D eigenvalue weighted by Crippen LogP contribution is -2.04. The van der Waals surface area contributed by atoms with Gasteiger partial charge in [0.2, 0.25) is 0 Å². The molecule has 6 nitrogen and oxygen atoms in total. The summed E-state index contributed by atoms with van der Waals surface area (Å²) in [6.45, 7) is 0. The number of para-hydroxylation sites is 3. The number of thiophene rings is 1. The SMILES string of the molecule is c1ccc2cc3c(cc2c1)c1ccccc1n3-c1ccc2oc3ccccc3c2c1-c1nc(-c2cccc3oc4ccccc4c23)nc(-c2cccc3sc4ccccc4c23)n1. The van der Waals surface area contributed by atoms with Crippen molar-refractivity contribution in [3.05, 3.63) is 182 Å². The number of aromatic nitrogens is 4. The molecule has 0 aliphatic heterocycles. The van der Waals surface area contributed by atoms with Crippen LogP contribution in [0.5, 0.6) is 0 Å². The van der Waals surface area contributed by atoms with Gasteiger partial charge in [0.1, 0.15) is 22.3 Å². The van der Waals surface area contributed by atoms with Gasteiger partial charge in [-0.1, -0.05) is 121 Å². The zero-order chi connectivity index (χ0) is 40.5. The molecule has 0 radical (unpaired) electrons. The Kier molecular flexibility index (Phi) is 6.89. The van der Waals surface area contributed by atoms with Crippen molar-refractivity contribution < 1.29 is 8.83 Å². The highest BCUT2D eigenvalue weighted by atomic mass is 32.1. The van der Waals surface area contributed by atoms with Crippen LogP contribution in [-0.4, -0.2) is 19.5 Å². The van der Waals surface area contributed by atoms with Crippen LogP contribution in [-0.2, 0) is 0 Å². The Morgan fingerprint density at radius 2 is 0.935 bits per heavy atom. The van der Waals surface area contributed by atoms with E-state index in [4.69, 9.17) is 23.8 Å². The van der Waals surface area contributed by atoms with E-state index in [0.717, 1.165) is 82.7 Å². The summed E-state index contributed by atoms with van der Waals surface area (Å²) in [7, 11) is 0. The van der Waals surface area contributed by atoms with Crippen LogP contribution < -0.4 is 0 Å². The number of hydrogen-bond donors (Lipinski definition) is 0. The molecule has 62 heavy (non-hydrogen) atoms. The monoisotopic (exact) mass is 810 g/mol. The molecule has 5 heterocycles. The Hall–Kier alpha value is -8.13. The van der Waals surface area contributed by atoms with Crippen molar-refractivity contribution in [2.45, 2.75) is 0 Å². The van der Waals surface area contributed by atoms with E-state index >= 15 is 0 Å². The molecule has 0 amide bonds. The third-order valence-corrected chi connectivity index (χ3v) is 13.6. The van der Waals surface area contributed by atoms with Crippen molar-refractivity contribution in [2.75, 3.05) is 0 Å². The second-order valence-electron chi connectivity index (χ2n) is 15.9. The summed E-state index contributed by atoms with van der Waals surface area (Å²) in [6.07, 6.45) is 0. The average Bonchev–Trinajstić information content (AvgIpc) is 4.09. The third kappa shape index (κ3) is 4.76. The van der Waals surface area contributed by atoms with Crippen molar-refractivity contribution in [3.63, 3.8) is 0 Å². The minimum absolute atomic E-state index is 0.546. The Labute approximate surface area is 356 Å². The van der Waals surface area contributed by atoms with Crippen LogP contribution in [0, 0.1) is 0 Å². The summed E-state index contributed by atoms with van der Waals surface area (Å²) < 4.78 is 17.9. The molecule has 7 heteroatoms. The van der Waals surface area contributed by atoms with E-state index in [2.05, 4.69) is 144 Å². The average molecular weight is 811 g/mol. The first-order valence-corrected chi connectivity index (χ1v) is 21.5. The smallest absolute Gasteiger partial charge is 0.166 e. The van der Waals surface area contributed by atoms with Gasteiger partial charge in [-0.25, -0.2) is 15.0 Å². The molecule has 0 saturated heterocycles. The van der Waals surface area contributed by atoms with Crippen LogP contribution >= 0.6 is 11.3 Å². The van der Waals surface area contributed by atoms with Gasteiger partial charge in [-0.2, -0.15) is 0 Å². The number of rotatable bonds is 4. The van der Waals surface area contributed by atoms with Crippen LogP contribution in [0.1, 0.15) is 0 Å². The van der Waals surface area contributed by atoms with E-state index in [1.807, 2.05) is 42.5 Å². The zero-order valence-electron chi connectivity index (χ0n) is 32.8. The molecule has 5 aromatic heterocycles. The molecular weight excluding hydrogens is 781 g/mol. The van der Waals surface area contributed by atoms with E-state index in [1.54, 1.807) is 11.3 Å². The largest absolute Gasteiger partial charge is 0.456 e. The lowest BCUT2D eigenvalue weighted by molar-refractivity contribution is 0.668. The van der Waals surface area contributed by atoms with Gasteiger partial charge in [0.05, 0.1) is 22.3 Å². The molecule has 0 unspecified atom stereocenters. The highest BCUT2D eigenvalue weighted by Gasteiger charge is 2.26. The van der Waals surface area contributed by atoms with Gasteiger partial charge in [-0.15, -0.1) is 11.3 Å². The number of hydrogen-bond acceptors (Lipinski definition) is 6. The number of furan rings is 2. The fourth-order valence-corrected chi connectivity index (χ4v) is 10.9. The first-order chi connectivity index (χ1) is 30.7. The molecule has 14 aromatic rings. The summed E-state index contributed by atoms with van der Waals surface area (Å²) in [6, 6.07) is 63.7.